The van der Waals surface area contributed by atoms with E-state index in [1.54, 1.807) is 38.1 Å². The van der Waals surface area contributed by atoms with Gasteiger partial charge in [0, 0.05) is 6.08 Å². The topological polar surface area (TPSA) is 72.5 Å². The number of esters is 1. The van der Waals surface area contributed by atoms with Crippen LogP contribution >= 0.6 is 34.5 Å². The van der Waals surface area contributed by atoms with E-state index in [0.717, 1.165) is 11.3 Å². The summed E-state index contributed by atoms with van der Waals surface area (Å²) < 4.78 is 5.04. The number of hydrogen-bond donors (Lipinski definition) is 1. The molecule has 1 aromatic heterocycles. The molecule has 0 fully saturated rings. The Balaban J connectivity index is 2.27. The summed E-state index contributed by atoms with van der Waals surface area (Å²) in [4.78, 5) is 36.7. The Morgan fingerprint density at radius 1 is 1.22 bits per heavy atom. The fourth-order valence-electron chi connectivity index (χ4n) is 2.33. The molecular formula is C19H17Cl2NO4S. The lowest BCUT2D eigenvalue weighted by molar-refractivity contribution is -0.111. The van der Waals surface area contributed by atoms with Crippen molar-refractivity contribution >= 4 is 63.3 Å². The maximum absolute atomic E-state index is 12.3. The average Bonchev–Trinajstić information content (AvgIpc) is 2.92. The molecule has 0 aliphatic rings. The summed E-state index contributed by atoms with van der Waals surface area (Å²) in [5.41, 5.74) is 1.38. The lowest BCUT2D eigenvalue weighted by Gasteiger charge is -2.05. The molecule has 0 radical (unpaired) electrons. The lowest BCUT2D eigenvalue weighted by atomic mass is 10.1. The molecule has 2 rings (SSSR count). The summed E-state index contributed by atoms with van der Waals surface area (Å²) in [5, 5.41) is 3.72. The van der Waals surface area contributed by atoms with Gasteiger partial charge in [-0.15, -0.1) is 11.3 Å². The minimum Gasteiger partial charge on any atom is -0.462 e. The van der Waals surface area contributed by atoms with Crippen molar-refractivity contribution in [3.05, 3.63) is 55.9 Å². The van der Waals surface area contributed by atoms with Gasteiger partial charge >= 0.3 is 5.97 Å². The summed E-state index contributed by atoms with van der Waals surface area (Å²) in [7, 11) is 0. The van der Waals surface area contributed by atoms with Crippen LogP contribution in [0.3, 0.4) is 0 Å². The normalized spacial score (nSPS) is 10.9. The van der Waals surface area contributed by atoms with Gasteiger partial charge < -0.3 is 10.1 Å². The van der Waals surface area contributed by atoms with Crippen molar-refractivity contribution in [3.63, 3.8) is 0 Å². The van der Waals surface area contributed by atoms with E-state index in [1.165, 1.54) is 13.0 Å². The number of rotatable bonds is 6. The Labute approximate surface area is 170 Å². The smallest absolute Gasteiger partial charge is 0.341 e. The van der Waals surface area contributed by atoms with E-state index in [4.69, 9.17) is 27.9 Å². The maximum Gasteiger partial charge on any atom is 0.341 e. The molecule has 0 unspecified atom stereocenters. The van der Waals surface area contributed by atoms with Crippen LogP contribution in [0.15, 0.2) is 24.3 Å². The van der Waals surface area contributed by atoms with Gasteiger partial charge in [-0.3, -0.25) is 9.59 Å². The molecule has 1 N–H and O–H groups in total. The molecule has 0 saturated carbocycles. The predicted octanol–water partition coefficient (Wildman–Crippen LogP) is 5.39. The third-order valence-electron chi connectivity index (χ3n) is 3.55. The Morgan fingerprint density at radius 3 is 2.52 bits per heavy atom. The average molecular weight is 426 g/mol. The first-order valence-corrected chi connectivity index (χ1v) is 9.57. The quantitative estimate of drug-likeness (QED) is 0.382. The number of anilines is 1. The van der Waals surface area contributed by atoms with Crippen LogP contribution < -0.4 is 5.32 Å². The van der Waals surface area contributed by atoms with Crippen molar-refractivity contribution in [2.24, 2.45) is 0 Å². The fraction of sp³-hybridized carbons (Fsp3) is 0.211. The number of halogens is 2. The molecule has 1 aromatic carbocycles. The van der Waals surface area contributed by atoms with Crippen LogP contribution in [0.2, 0.25) is 10.0 Å². The summed E-state index contributed by atoms with van der Waals surface area (Å²) in [5.74, 6) is -1.22. The van der Waals surface area contributed by atoms with Crippen LogP contribution in [0.25, 0.3) is 6.08 Å². The first-order valence-electron chi connectivity index (χ1n) is 8.00. The second-order valence-electron chi connectivity index (χ2n) is 5.53. The number of ether oxygens (including phenoxy) is 1. The van der Waals surface area contributed by atoms with Crippen LogP contribution in [0.4, 0.5) is 5.00 Å². The Hall–Kier alpha value is -2.15. The van der Waals surface area contributed by atoms with Gasteiger partial charge in [-0.2, -0.15) is 0 Å². The minimum absolute atomic E-state index is 0.185. The molecule has 1 heterocycles. The highest BCUT2D eigenvalue weighted by Crippen LogP contribution is 2.34. The number of carbonyl (C=O) groups is 3. The van der Waals surface area contributed by atoms with Crippen LogP contribution in [-0.2, 0) is 9.53 Å². The maximum atomic E-state index is 12.3. The van der Waals surface area contributed by atoms with E-state index < -0.39 is 11.9 Å². The molecule has 0 bridgehead atoms. The minimum atomic E-state index is -0.581. The van der Waals surface area contributed by atoms with E-state index in [2.05, 4.69) is 5.32 Å². The second kappa shape index (κ2) is 9.17. The summed E-state index contributed by atoms with van der Waals surface area (Å²) in [6.45, 7) is 4.93. The molecular weight excluding hydrogens is 409 g/mol. The van der Waals surface area contributed by atoms with Crippen LogP contribution in [0.5, 0.6) is 0 Å². The number of ketones is 1. The molecule has 0 saturated heterocycles. The molecule has 0 atom stereocenters. The Kier molecular flexibility index (Phi) is 7.18. The van der Waals surface area contributed by atoms with Gasteiger partial charge in [0.05, 0.1) is 27.1 Å². The highest BCUT2D eigenvalue weighted by molar-refractivity contribution is 7.18. The zero-order valence-corrected chi connectivity index (χ0v) is 17.2. The number of hydrogen-bond acceptors (Lipinski definition) is 5. The van der Waals surface area contributed by atoms with Crippen LogP contribution in [0, 0.1) is 6.92 Å². The van der Waals surface area contributed by atoms with Crippen molar-refractivity contribution in [2.75, 3.05) is 11.9 Å². The second-order valence-corrected chi connectivity index (χ2v) is 7.37. The fourth-order valence-corrected chi connectivity index (χ4v) is 3.73. The molecule has 1 amide bonds. The van der Waals surface area contributed by atoms with Gasteiger partial charge in [-0.05, 0) is 50.1 Å². The van der Waals surface area contributed by atoms with Gasteiger partial charge in [0.15, 0.2) is 5.78 Å². The number of nitrogens with one attached hydrogen (secondary N) is 1. The van der Waals surface area contributed by atoms with Crippen molar-refractivity contribution in [3.8, 4) is 0 Å². The molecule has 27 heavy (non-hydrogen) atoms. The van der Waals surface area contributed by atoms with E-state index in [0.29, 0.717) is 26.0 Å². The lowest BCUT2D eigenvalue weighted by Crippen LogP contribution is -2.12. The third kappa shape index (κ3) is 5.19. The number of benzene rings is 1. The number of carbonyl (C=O) groups excluding carboxylic acids is 3. The molecule has 0 aliphatic heterocycles. The first-order chi connectivity index (χ1) is 12.7. The summed E-state index contributed by atoms with van der Waals surface area (Å²) in [6, 6.07) is 4.97. The molecule has 142 valence electrons. The monoisotopic (exact) mass is 425 g/mol. The summed E-state index contributed by atoms with van der Waals surface area (Å²) in [6.07, 6.45) is 2.87. The highest BCUT2D eigenvalue weighted by atomic mass is 35.5. The molecule has 2 aromatic rings. The van der Waals surface area contributed by atoms with E-state index in [9.17, 15) is 14.4 Å². The van der Waals surface area contributed by atoms with Gasteiger partial charge in [-0.25, -0.2) is 4.79 Å². The number of Topliss-reactive ketones (excluding diaryl/α,β-unsaturated/α-hetero) is 1. The largest absolute Gasteiger partial charge is 0.462 e. The van der Waals surface area contributed by atoms with Gasteiger partial charge in [0.1, 0.15) is 5.00 Å². The Morgan fingerprint density at radius 2 is 1.93 bits per heavy atom. The van der Waals surface area contributed by atoms with E-state index in [-0.39, 0.29) is 23.0 Å². The first kappa shape index (κ1) is 21.2. The predicted molar refractivity (Wildman–Crippen MR) is 109 cm³/mol. The van der Waals surface area contributed by atoms with Gasteiger partial charge in [0.2, 0.25) is 5.91 Å². The molecule has 5 nitrogen and oxygen atoms in total. The standard InChI is InChI=1S/C19H17Cl2NO4S/c1-4-26-19(25)16-10(2)17(11(3)23)27-18(16)22-15(24)8-6-12-5-7-13(20)14(21)9-12/h5-9H,4H2,1-3H3,(H,22,24)/b8-6+. The van der Waals surface area contributed by atoms with Crippen molar-refractivity contribution < 1.29 is 19.1 Å². The highest BCUT2D eigenvalue weighted by Gasteiger charge is 2.24. The van der Waals surface area contributed by atoms with Crippen LogP contribution in [-0.4, -0.2) is 24.3 Å². The zero-order chi connectivity index (χ0) is 20.1. The SMILES string of the molecule is CCOC(=O)c1c(NC(=O)/C=C/c2ccc(Cl)c(Cl)c2)sc(C(C)=O)c1C. The Bertz CT molecular complexity index is 934. The van der Waals surface area contributed by atoms with E-state index >= 15 is 0 Å². The molecule has 8 heteroatoms. The number of thiophene rings is 1. The summed E-state index contributed by atoms with van der Waals surface area (Å²) >= 11 is 12.9. The molecule has 0 aliphatic carbocycles. The third-order valence-corrected chi connectivity index (χ3v) is 5.60. The van der Waals surface area contributed by atoms with Gasteiger partial charge in [0.25, 0.3) is 0 Å². The molecule has 0 spiro atoms. The van der Waals surface area contributed by atoms with Crippen molar-refractivity contribution in [1.29, 1.82) is 0 Å². The van der Waals surface area contributed by atoms with Crippen molar-refractivity contribution in [1.82, 2.24) is 0 Å². The van der Waals surface area contributed by atoms with Crippen molar-refractivity contribution in [2.45, 2.75) is 20.8 Å². The van der Waals surface area contributed by atoms with E-state index in [1.807, 2.05) is 0 Å². The number of amides is 1. The van der Waals surface area contributed by atoms with Gasteiger partial charge in [-0.1, -0.05) is 29.3 Å². The van der Waals surface area contributed by atoms with Crippen LogP contribution in [0.1, 0.15) is 45.0 Å². The zero-order valence-electron chi connectivity index (χ0n) is 14.9.